The quantitative estimate of drug-likeness (QED) is 0.629. The second-order valence-corrected chi connectivity index (χ2v) is 5.23. The third-order valence-electron chi connectivity index (χ3n) is 3.72. The molecule has 19 heavy (non-hydrogen) atoms. The molecular formula is C13H23NO5. The average Bonchev–Trinajstić information content (AvgIpc) is 2.39. The molecule has 0 heterocycles. The van der Waals surface area contributed by atoms with Crippen LogP contribution in [0.15, 0.2) is 0 Å². The Morgan fingerprint density at radius 1 is 1.32 bits per heavy atom. The van der Waals surface area contributed by atoms with Crippen molar-refractivity contribution in [3.63, 3.8) is 0 Å². The number of carbonyl (C=O) groups excluding carboxylic acids is 1. The number of ether oxygens (including phenoxy) is 1. The summed E-state index contributed by atoms with van der Waals surface area (Å²) in [7, 11) is 1.48. The molecule has 1 aliphatic rings. The first kappa shape index (κ1) is 15.9. The third-order valence-corrected chi connectivity index (χ3v) is 3.72. The van der Waals surface area contributed by atoms with Crippen LogP contribution in [0.5, 0.6) is 0 Å². The van der Waals surface area contributed by atoms with E-state index in [1.54, 1.807) is 0 Å². The number of methoxy groups -OCH3 is 1. The van der Waals surface area contributed by atoms with E-state index >= 15 is 0 Å². The second kappa shape index (κ2) is 7.45. The second-order valence-electron chi connectivity index (χ2n) is 5.23. The van der Waals surface area contributed by atoms with Crippen LogP contribution >= 0.6 is 0 Å². The lowest BCUT2D eigenvalue weighted by molar-refractivity contribution is -0.154. The van der Waals surface area contributed by atoms with Gasteiger partial charge < -0.3 is 20.3 Å². The molecule has 1 atom stereocenters. The van der Waals surface area contributed by atoms with Gasteiger partial charge in [-0.05, 0) is 12.8 Å². The minimum atomic E-state index is -0.935. The Kier molecular flexibility index (Phi) is 6.24. The molecule has 0 aromatic carbocycles. The highest BCUT2D eigenvalue weighted by Crippen LogP contribution is 2.39. The van der Waals surface area contributed by atoms with Crippen LogP contribution in [0.3, 0.4) is 0 Å². The van der Waals surface area contributed by atoms with Gasteiger partial charge in [-0.1, -0.05) is 19.3 Å². The normalized spacial score (nSPS) is 19.7. The van der Waals surface area contributed by atoms with Crippen molar-refractivity contribution in [1.82, 2.24) is 5.32 Å². The Bertz CT molecular complexity index is 312. The van der Waals surface area contributed by atoms with Crippen molar-refractivity contribution in [1.29, 1.82) is 0 Å². The summed E-state index contributed by atoms with van der Waals surface area (Å²) in [5, 5.41) is 21.1. The molecule has 6 nitrogen and oxygen atoms in total. The standard InChI is InChI=1S/C13H23NO5/c1-19-9-10(8-15)14-11(16)7-13(12(17)18)5-3-2-4-6-13/h10,15H,2-9H2,1H3,(H,14,16)(H,17,18). The molecule has 0 radical (unpaired) electrons. The predicted molar refractivity (Wildman–Crippen MR) is 68.7 cm³/mol. The predicted octanol–water partition coefficient (Wildman–Crippen LogP) is 0.535. The lowest BCUT2D eigenvalue weighted by Gasteiger charge is -2.32. The molecule has 3 N–H and O–H groups in total. The van der Waals surface area contributed by atoms with Gasteiger partial charge in [0.05, 0.1) is 24.7 Å². The molecule has 0 aromatic rings. The zero-order chi connectivity index (χ0) is 14.3. The number of carboxylic acids is 1. The molecule has 0 bridgehead atoms. The molecule has 110 valence electrons. The molecule has 0 saturated heterocycles. The molecule has 0 aliphatic heterocycles. The maximum absolute atomic E-state index is 11.9. The summed E-state index contributed by atoms with van der Waals surface area (Å²) in [5.74, 6) is -1.23. The fourth-order valence-corrected chi connectivity index (χ4v) is 2.62. The molecule has 1 rings (SSSR count). The average molecular weight is 273 g/mol. The van der Waals surface area contributed by atoms with Crippen LogP contribution in [0.1, 0.15) is 38.5 Å². The Balaban J connectivity index is 2.59. The van der Waals surface area contributed by atoms with Gasteiger partial charge in [0.15, 0.2) is 0 Å². The van der Waals surface area contributed by atoms with Crippen LogP contribution < -0.4 is 5.32 Å². The van der Waals surface area contributed by atoms with Crippen LogP contribution in [0.2, 0.25) is 0 Å². The van der Waals surface area contributed by atoms with Gasteiger partial charge >= 0.3 is 5.97 Å². The van der Waals surface area contributed by atoms with Gasteiger partial charge in [0, 0.05) is 13.5 Å². The number of nitrogens with one attached hydrogen (secondary N) is 1. The minimum Gasteiger partial charge on any atom is -0.481 e. The molecule has 0 spiro atoms. The first-order chi connectivity index (χ1) is 9.04. The van der Waals surface area contributed by atoms with E-state index in [9.17, 15) is 14.7 Å². The maximum Gasteiger partial charge on any atom is 0.310 e. The number of carboxylic acid groups (broad SMARTS) is 1. The lowest BCUT2D eigenvalue weighted by Crippen LogP contribution is -2.45. The number of hydrogen-bond donors (Lipinski definition) is 3. The molecule has 0 aromatic heterocycles. The Hall–Kier alpha value is -1.14. The van der Waals surface area contributed by atoms with Crippen molar-refractivity contribution in [3.8, 4) is 0 Å². The Morgan fingerprint density at radius 3 is 2.42 bits per heavy atom. The van der Waals surface area contributed by atoms with Gasteiger partial charge in [-0.15, -0.1) is 0 Å². The molecule has 1 unspecified atom stereocenters. The van der Waals surface area contributed by atoms with Crippen molar-refractivity contribution < 1.29 is 24.5 Å². The molecule has 1 fully saturated rings. The van der Waals surface area contributed by atoms with Crippen molar-refractivity contribution >= 4 is 11.9 Å². The van der Waals surface area contributed by atoms with Gasteiger partial charge in [0.1, 0.15) is 0 Å². The first-order valence-electron chi connectivity index (χ1n) is 6.66. The number of aliphatic carboxylic acids is 1. The number of carbonyl (C=O) groups is 2. The Morgan fingerprint density at radius 2 is 1.95 bits per heavy atom. The van der Waals surface area contributed by atoms with E-state index in [4.69, 9.17) is 9.84 Å². The van der Waals surface area contributed by atoms with Crippen molar-refractivity contribution in [3.05, 3.63) is 0 Å². The summed E-state index contributed by atoms with van der Waals surface area (Å²) in [5.41, 5.74) is -0.935. The zero-order valence-electron chi connectivity index (χ0n) is 11.4. The van der Waals surface area contributed by atoms with Crippen LogP contribution in [0.25, 0.3) is 0 Å². The van der Waals surface area contributed by atoms with Crippen molar-refractivity contribution in [2.45, 2.75) is 44.6 Å². The maximum atomic E-state index is 11.9. The van der Waals surface area contributed by atoms with Gasteiger partial charge in [0.25, 0.3) is 0 Å². The number of rotatable bonds is 7. The van der Waals surface area contributed by atoms with Crippen molar-refractivity contribution in [2.24, 2.45) is 5.41 Å². The van der Waals surface area contributed by atoms with E-state index in [-0.39, 0.29) is 25.5 Å². The molecular weight excluding hydrogens is 250 g/mol. The lowest BCUT2D eigenvalue weighted by atomic mass is 9.71. The Labute approximate surface area is 113 Å². The fraction of sp³-hybridized carbons (Fsp3) is 0.846. The van der Waals surface area contributed by atoms with E-state index in [1.165, 1.54) is 7.11 Å². The molecule has 1 aliphatic carbocycles. The van der Waals surface area contributed by atoms with Crippen LogP contribution in [-0.4, -0.2) is 48.5 Å². The minimum absolute atomic E-state index is 0.0253. The van der Waals surface area contributed by atoms with E-state index in [0.717, 1.165) is 19.3 Å². The number of amides is 1. The topological polar surface area (TPSA) is 95.9 Å². The number of hydrogen-bond acceptors (Lipinski definition) is 4. The summed E-state index contributed by atoms with van der Waals surface area (Å²) in [6.45, 7) is -0.0119. The monoisotopic (exact) mass is 273 g/mol. The van der Waals surface area contributed by atoms with Crippen LogP contribution in [-0.2, 0) is 14.3 Å². The van der Waals surface area contributed by atoms with Gasteiger partial charge in [0.2, 0.25) is 5.91 Å². The smallest absolute Gasteiger partial charge is 0.310 e. The van der Waals surface area contributed by atoms with Gasteiger partial charge in [-0.25, -0.2) is 0 Å². The summed E-state index contributed by atoms with van der Waals surface area (Å²) in [6, 6.07) is -0.480. The molecule has 1 amide bonds. The first-order valence-corrected chi connectivity index (χ1v) is 6.66. The van der Waals surface area contributed by atoms with Crippen LogP contribution in [0, 0.1) is 5.41 Å². The number of aliphatic hydroxyl groups excluding tert-OH is 1. The zero-order valence-corrected chi connectivity index (χ0v) is 11.4. The van der Waals surface area contributed by atoms with Crippen LogP contribution in [0.4, 0.5) is 0 Å². The van der Waals surface area contributed by atoms with Gasteiger partial charge in [-0.2, -0.15) is 0 Å². The highest BCUT2D eigenvalue weighted by atomic mass is 16.5. The fourth-order valence-electron chi connectivity index (χ4n) is 2.62. The summed E-state index contributed by atoms with van der Waals surface area (Å²) in [4.78, 5) is 23.4. The highest BCUT2D eigenvalue weighted by molar-refractivity contribution is 5.85. The number of aliphatic hydroxyl groups is 1. The SMILES string of the molecule is COCC(CO)NC(=O)CC1(C(=O)O)CCCCC1. The van der Waals surface area contributed by atoms with E-state index < -0.39 is 17.4 Å². The summed E-state index contributed by atoms with van der Waals surface area (Å²) < 4.78 is 4.87. The van der Waals surface area contributed by atoms with E-state index in [1.807, 2.05) is 0 Å². The third kappa shape index (κ3) is 4.47. The van der Waals surface area contributed by atoms with E-state index in [2.05, 4.69) is 5.32 Å². The van der Waals surface area contributed by atoms with Crippen molar-refractivity contribution in [2.75, 3.05) is 20.3 Å². The molecule has 1 saturated carbocycles. The van der Waals surface area contributed by atoms with E-state index in [0.29, 0.717) is 12.8 Å². The largest absolute Gasteiger partial charge is 0.481 e. The summed E-state index contributed by atoms with van der Waals surface area (Å²) >= 11 is 0. The summed E-state index contributed by atoms with van der Waals surface area (Å²) in [6.07, 6.45) is 3.79. The van der Waals surface area contributed by atoms with Gasteiger partial charge in [-0.3, -0.25) is 9.59 Å². The highest BCUT2D eigenvalue weighted by Gasteiger charge is 2.41. The molecule has 6 heteroatoms.